The number of furan rings is 1. The first kappa shape index (κ1) is 22.3. The summed E-state index contributed by atoms with van der Waals surface area (Å²) < 4.78 is 11.1. The van der Waals surface area contributed by atoms with Crippen molar-refractivity contribution in [2.24, 2.45) is 5.10 Å². The van der Waals surface area contributed by atoms with Gasteiger partial charge in [0.2, 0.25) is 0 Å². The van der Waals surface area contributed by atoms with Gasteiger partial charge in [-0.15, -0.1) is 0 Å². The molecule has 172 valence electrons. The number of nitro benzene ring substituents is 1. The Labute approximate surface area is 191 Å². The molecule has 2 aromatic carbocycles. The predicted molar refractivity (Wildman–Crippen MR) is 126 cm³/mol. The Balaban J connectivity index is 1.56. The van der Waals surface area contributed by atoms with E-state index in [9.17, 15) is 14.9 Å². The molecule has 3 aromatic rings. The van der Waals surface area contributed by atoms with Gasteiger partial charge >= 0.3 is 5.91 Å². The van der Waals surface area contributed by atoms with E-state index < -0.39 is 10.8 Å². The van der Waals surface area contributed by atoms with Gasteiger partial charge in [-0.3, -0.25) is 14.9 Å². The van der Waals surface area contributed by atoms with Gasteiger partial charge in [-0.2, -0.15) is 5.10 Å². The lowest BCUT2D eigenvalue weighted by atomic mass is 9.80. The molecule has 1 aliphatic rings. The molecular weight excluding hydrogens is 424 g/mol. The highest BCUT2D eigenvalue weighted by molar-refractivity contribution is 5.97. The zero-order chi connectivity index (χ0) is 23.9. The molecule has 2 heterocycles. The van der Waals surface area contributed by atoms with Gasteiger partial charge in [-0.25, -0.2) is 5.43 Å². The molecule has 0 spiro atoms. The fourth-order valence-corrected chi connectivity index (χ4v) is 4.36. The molecule has 1 amide bonds. The fraction of sp³-hybridized carbons (Fsp3) is 0.333. The van der Waals surface area contributed by atoms with Crippen LogP contribution < -0.4 is 15.1 Å². The largest absolute Gasteiger partial charge is 0.496 e. The van der Waals surface area contributed by atoms with E-state index in [1.54, 1.807) is 7.11 Å². The van der Waals surface area contributed by atoms with E-state index >= 15 is 0 Å². The number of non-ortho nitro benzene ring substituents is 1. The SMILES string of the molecule is COc1cc2c(cc1/C=N\NC(=O)c1cc3cc([N+](=O)[O-])ccc3o1)C(C)CC(C)(C)N2C. The molecule has 1 atom stereocenters. The number of rotatable bonds is 5. The summed E-state index contributed by atoms with van der Waals surface area (Å²) in [5, 5.41) is 15.5. The van der Waals surface area contributed by atoms with Gasteiger partial charge in [0.05, 0.1) is 18.2 Å². The molecule has 0 aliphatic carbocycles. The topological polar surface area (TPSA) is 110 Å². The maximum absolute atomic E-state index is 12.5. The van der Waals surface area contributed by atoms with Gasteiger partial charge in [-0.1, -0.05) is 6.92 Å². The highest BCUT2D eigenvalue weighted by atomic mass is 16.6. The van der Waals surface area contributed by atoms with Crippen molar-refractivity contribution in [2.75, 3.05) is 19.1 Å². The van der Waals surface area contributed by atoms with Crippen LogP contribution in [0.25, 0.3) is 11.0 Å². The Morgan fingerprint density at radius 1 is 1.33 bits per heavy atom. The number of nitro groups is 1. The van der Waals surface area contributed by atoms with Gasteiger partial charge < -0.3 is 14.1 Å². The van der Waals surface area contributed by atoms with Crippen LogP contribution in [0.4, 0.5) is 11.4 Å². The number of hydrogen-bond acceptors (Lipinski definition) is 7. The number of carbonyl (C=O) groups excluding carboxylic acids is 1. The second kappa shape index (κ2) is 8.23. The van der Waals surface area contributed by atoms with Crippen LogP contribution in [0.3, 0.4) is 0 Å². The molecule has 33 heavy (non-hydrogen) atoms. The molecule has 0 saturated carbocycles. The van der Waals surface area contributed by atoms with Crippen LogP contribution >= 0.6 is 0 Å². The number of ether oxygens (including phenoxy) is 1. The summed E-state index contributed by atoms with van der Waals surface area (Å²) in [6.45, 7) is 6.65. The number of anilines is 1. The van der Waals surface area contributed by atoms with Gasteiger partial charge in [0.15, 0.2) is 5.76 Å². The number of nitrogens with one attached hydrogen (secondary N) is 1. The maximum atomic E-state index is 12.5. The summed E-state index contributed by atoms with van der Waals surface area (Å²) in [6.07, 6.45) is 2.55. The highest BCUT2D eigenvalue weighted by Gasteiger charge is 2.34. The van der Waals surface area contributed by atoms with Crippen LogP contribution in [0.2, 0.25) is 0 Å². The molecule has 9 heteroatoms. The molecule has 9 nitrogen and oxygen atoms in total. The van der Waals surface area contributed by atoms with Crippen molar-refractivity contribution in [3.63, 3.8) is 0 Å². The summed E-state index contributed by atoms with van der Waals surface area (Å²) in [4.78, 5) is 25.2. The van der Waals surface area contributed by atoms with Crippen LogP contribution in [0.1, 0.15) is 54.8 Å². The number of hydrazone groups is 1. The molecule has 1 unspecified atom stereocenters. The molecule has 4 rings (SSSR count). The Hall–Kier alpha value is -3.88. The Morgan fingerprint density at radius 3 is 2.79 bits per heavy atom. The van der Waals surface area contributed by atoms with Crippen LogP contribution in [-0.4, -0.2) is 36.7 Å². The molecule has 0 bridgehead atoms. The second-order valence-corrected chi connectivity index (χ2v) is 8.92. The normalized spacial score (nSPS) is 17.2. The Morgan fingerprint density at radius 2 is 2.09 bits per heavy atom. The Kier molecular flexibility index (Phi) is 5.57. The van der Waals surface area contributed by atoms with Gasteiger partial charge in [-0.05, 0) is 49.9 Å². The summed E-state index contributed by atoms with van der Waals surface area (Å²) in [5.41, 5.74) is 5.86. The molecule has 0 saturated heterocycles. The zero-order valence-corrected chi connectivity index (χ0v) is 19.2. The van der Waals surface area contributed by atoms with E-state index in [1.165, 1.54) is 36.0 Å². The van der Waals surface area contributed by atoms with Crippen LogP contribution in [0.5, 0.6) is 5.75 Å². The van der Waals surface area contributed by atoms with Gasteiger partial charge in [0, 0.05) is 47.4 Å². The lowest BCUT2D eigenvalue weighted by molar-refractivity contribution is -0.384. The van der Waals surface area contributed by atoms with Crippen molar-refractivity contribution in [1.29, 1.82) is 0 Å². The second-order valence-electron chi connectivity index (χ2n) is 8.92. The number of hydrogen-bond donors (Lipinski definition) is 1. The van der Waals surface area contributed by atoms with E-state index in [0.717, 1.165) is 17.7 Å². The monoisotopic (exact) mass is 450 g/mol. The molecule has 1 N–H and O–H groups in total. The van der Waals surface area contributed by atoms with Crippen LogP contribution in [0, 0.1) is 10.1 Å². The molecule has 0 radical (unpaired) electrons. The average molecular weight is 450 g/mol. The van der Waals surface area contributed by atoms with Crippen molar-refractivity contribution in [3.05, 3.63) is 63.4 Å². The van der Waals surface area contributed by atoms with Gasteiger partial charge in [0.1, 0.15) is 11.3 Å². The third-order valence-electron chi connectivity index (χ3n) is 6.29. The lowest BCUT2D eigenvalue weighted by Crippen LogP contribution is -2.45. The number of nitrogens with zero attached hydrogens (tertiary/aromatic N) is 3. The van der Waals surface area contributed by atoms with E-state index in [2.05, 4.69) is 43.2 Å². The smallest absolute Gasteiger partial charge is 0.307 e. The number of benzene rings is 2. The Bertz CT molecular complexity index is 1280. The van der Waals surface area contributed by atoms with Gasteiger partial charge in [0.25, 0.3) is 5.69 Å². The van der Waals surface area contributed by atoms with E-state index in [-0.39, 0.29) is 17.0 Å². The van der Waals surface area contributed by atoms with Crippen LogP contribution in [0.15, 0.2) is 45.9 Å². The van der Waals surface area contributed by atoms with E-state index in [1.807, 2.05) is 12.1 Å². The highest BCUT2D eigenvalue weighted by Crippen LogP contribution is 2.44. The zero-order valence-electron chi connectivity index (χ0n) is 19.2. The minimum atomic E-state index is -0.558. The first-order valence-electron chi connectivity index (χ1n) is 10.6. The van der Waals surface area contributed by atoms with E-state index in [0.29, 0.717) is 22.6 Å². The van der Waals surface area contributed by atoms with E-state index in [4.69, 9.17) is 9.15 Å². The first-order chi connectivity index (χ1) is 15.6. The molecule has 0 fully saturated rings. The number of amides is 1. The van der Waals surface area contributed by atoms with Crippen molar-refractivity contribution in [3.8, 4) is 5.75 Å². The fourth-order valence-electron chi connectivity index (χ4n) is 4.36. The molecular formula is C24H26N4O5. The summed E-state index contributed by atoms with van der Waals surface area (Å²) in [6, 6.07) is 9.64. The minimum absolute atomic E-state index is 0.0116. The molecule has 1 aromatic heterocycles. The average Bonchev–Trinajstić information content (AvgIpc) is 3.20. The van der Waals surface area contributed by atoms with Crippen molar-refractivity contribution >= 4 is 34.5 Å². The van der Waals surface area contributed by atoms with Crippen molar-refractivity contribution in [2.45, 2.75) is 38.6 Å². The third kappa shape index (κ3) is 4.13. The first-order valence-corrected chi connectivity index (χ1v) is 10.6. The number of methoxy groups -OCH3 is 1. The summed E-state index contributed by atoms with van der Waals surface area (Å²) >= 11 is 0. The molecule has 1 aliphatic heterocycles. The number of fused-ring (bicyclic) bond motifs is 2. The quantitative estimate of drug-likeness (QED) is 0.338. The number of carbonyl (C=O) groups is 1. The lowest BCUT2D eigenvalue weighted by Gasteiger charge is -2.45. The summed E-state index contributed by atoms with van der Waals surface area (Å²) in [5.74, 6) is 0.465. The van der Waals surface area contributed by atoms with Crippen molar-refractivity contribution < 1.29 is 18.9 Å². The minimum Gasteiger partial charge on any atom is -0.496 e. The van der Waals surface area contributed by atoms with Crippen LogP contribution in [-0.2, 0) is 0 Å². The third-order valence-corrected chi connectivity index (χ3v) is 6.29. The van der Waals surface area contributed by atoms with Crippen molar-refractivity contribution in [1.82, 2.24) is 5.43 Å². The standard InChI is InChI=1S/C24H26N4O5/c1-14-12-24(2,3)27(4)19-11-21(32-5)16(9-18(14)19)13-25-26-23(29)22-10-15-8-17(28(30)31)6-7-20(15)33-22/h6-11,13-14H,12H2,1-5H3,(H,26,29)/b25-13-. The predicted octanol–water partition coefficient (Wildman–Crippen LogP) is 4.84. The maximum Gasteiger partial charge on any atom is 0.307 e. The summed E-state index contributed by atoms with van der Waals surface area (Å²) in [7, 11) is 3.68.